The maximum absolute atomic E-state index is 12.1. The summed E-state index contributed by atoms with van der Waals surface area (Å²) in [4.78, 5) is 35.3. The Morgan fingerprint density at radius 1 is 1.12 bits per heavy atom. The van der Waals surface area contributed by atoms with Gasteiger partial charge < -0.3 is 0 Å². The molecule has 0 aliphatic carbocycles. The van der Waals surface area contributed by atoms with Gasteiger partial charge in [0.15, 0.2) is 11.6 Å². The molecular formula is C14H16O3. The Morgan fingerprint density at radius 3 is 2.18 bits per heavy atom. The molecule has 1 rings (SSSR count). The lowest BCUT2D eigenvalue weighted by molar-refractivity contribution is -0.129. The molecule has 0 saturated carbocycles. The zero-order chi connectivity index (χ0) is 12.8. The van der Waals surface area contributed by atoms with Crippen molar-refractivity contribution in [2.75, 3.05) is 0 Å². The smallest absolute Gasteiger partial charge is 0.180 e. The molecule has 1 aromatic carbocycles. The first kappa shape index (κ1) is 13.3. The van der Waals surface area contributed by atoms with E-state index in [-0.39, 0.29) is 18.0 Å². The summed E-state index contributed by atoms with van der Waals surface area (Å²) < 4.78 is 0. The fourth-order valence-electron chi connectivity index (χ4n) is 1.72. The van der Waals surface area contributed by atoms with Gasteiger partial charge in [0.25, 0.3) is 0 Å². The quantitative estimate of drug-likeness (QED) is 0.559. The van der Waals surface area contributed by atoms with Crippen LogP contribution in [0.3, 0.4) is 0 Å². The molecule has 90 valence electrons. The zero-order valence-corrected chi connectivity index (χ0v) is 10.1. The molecule has 0 heterocycles. The maximum Gasteiger partial charge on any atom is 0.180 e. The average Bonchev–Trinajstić information content (AvgIpc) is 2.30. The van der Waals surface area contributed by atoms with Crippen molar-refractivity contribution >= 4 is 17.3 Å². The lowest BCUT2D eigenvalue weighted by atomic mass is 9.89. The highest BCUT2D eigenvalue weighted by Crippen LogP contribution is 2.13. The summed E-state index contributed by atoms with van der Waals surface area (Å²) in [5.74, 6) is -2.18. The average molecular weight is 232 g/mol. The molecule has 0 saturated heterocycles. The Kier molecular flexibility index (Phi) is 4.76. The monoisotopic (exact) mass is 232 g/mol. The standard InChI is InChI=1S/C14H16O3/c1-3-7-12(16)13(10(2)15)14(17)11-8-5-4-6-9-11/h4-6,8-9,13H,3,7H2,1-2H3. The maximum atomic E-state index is 12.1. The topological polar surface area (TPSA) is 51.2 Å². The Bertz CT molecular complexity index is 420. The van der Waals surface area contributed by atoms with Crippen molar-refractivity contribution in [1.29, 1.82) is 0 Å². The van der Waals surface area contributed by atoms with Gasteiger partial charge in [-0.15, -0.1) is 0 Å². The molecular weight excluding hydrogens is 216 g/mol. The van der Waals surface area contributed by atoms with Crippen molar-refractivity contribution in [2.45, 2.75) is 26.7 Å². The van der Waals surface area contributed by atoms with Crippen molar-refractivity contribution < 1.29 is 14.4 Å². The lowest BCUT2D eigenvalue weighted by Crippen LogP contribution is -2.30. The number of benzene rings is 1. The highest BCUT2D eigenvalue weighted by Gasteiger charge is 2.30. The molecule has 1 atom stereocenters. The first-order valence-corrected chi connectivity index (χ1v) is 5.70. The second-order valence-electron chi connectivity index (χ2n) is 3.99. The van der Waals surface area contributed by atoms with Crippen LogP contribution < -0.4 is 0 Å². The predicted molar refractivity (Wildman–Crippen MR) is 64.9 cm³/mol. The molecule has 17 heavy (non-hydrogen) atoms. The molecule has 3 nitrogen and oxygen atoms in total. The molecule has 0 aliphatic rings. The number of carbonyl (C=O) groups is 3. The highest BCUT2D eigenvalue weighted by molar-refractivity contribution is 6.23. The van der Waals surface area contributed by atoms with Crippen LogP contribution in [-0.2, 0) is 9.59 Å². The predicted octanol–water partition coefficient (Wildman–Crippen LogP) is 2.44. The van der Waals surface area contributed by atoms with Crippen molar-refractivity contribution in [1.82, 2.24) is 0 Å². The molecule has 3 heteroatoms. The fourth-order valence-corrected chi connectivity index (χ4v) is 1.72. The van der Waals surface area contributed by atoms with E-state index in [0.29, 0.717) is 12.0 Å². The summed E-state index contributed by atoms with van der Waals surface area (Å²) in [6.07, 6.45) is 0.910. The van der Waals surface area contributed by atoms with Crippen LogP contribution in [0.1, 0.15) is 37.0 Å². The van der Waals surface area contributed by atoms with Crippen LogP contribution >= 0.6 is 0 Å². The van der Waals surface area contributed by atoms with Gasteiger partial charge in [-0.2, -0.15) is 0 Å². The van der Waals surface area contributed by atoms with Gasteiger partial charge in [-0.05, 0) is 13.3 Å². The minimum absolute atomic E-state index is 0.267. The molecule has 0 N–H and O–H groups in total. The van der Waals surface area contributed by atoms with Crippen LogP contribution in [0, 0.1) is 5.92 Å². The summed E-state index contributed by atoms with van der Waals surface area (Å²) in [6, 6.07) is 8.46. The molecule has 0 fully saturated rings. The first-order chi connectivity index (χ1) is 8.07. The van der Waals surface area contributed by atoms with Gasteiger partial charge in [-0.25, -0.2) is 0 Å². The summed E-state index contributed by atoms with van der Waals surface area (Å²) in [5, 5.41) is 0. The van der Waals surface area contributed by atoms with Crippen LogP contribution in [0.5, 0.6) is 0 Å². The van der Waals surface area contributed by atoms with Crippen molar-refractivity contribution in [3.63, 3.8) is 0 Å². The normalized spacial score (nSPS) is 11.9. The van der Waals surface area contributed by atoms with E-state index < -0.39 is 11.7 Å². The molecule has 0 aliphatic heterocycles. The minimum atomic E-state index is -1.13. The first-order valence-electron chi connectivity index (χ1n) is 5.70. The fraction of sp³-hybridized carbons (Fsp3) is 0.357. The highest BCUT2D eigenvalue weighted by atomic mass is 16.2. The third kappa shape index (κ3) is 3.34. The number of rotatable bonds is 6. The van der Waals surface area contributed by atoms with E-state index in [4.69, 9.17) is 0 Å². The third-order valence-electron chi connectivity index (χ3n) is 2.55. The molecule has 0 radical (unpaired) electrons. The van der Waals surface area contributed by atoms with E-state index >= 15 is 0 Å². The Labute approximate surface area is 101 Å². The van der Waals surface area contributed by atoms with E-state index in [1.54, 1.807) is 30.3 Å². The molecule has 0 spiro atoms. The molecule has 1 unspecified atom stereocenters. The van der Waals surface area contributed by atoms with E-state index in [0.717, 1.165) is 0 Å². The van der Waals surface area contributed by atoms with Gasteiger partial charge >= 0.3 is 0 Å². The molecule has 0 amide bonds. The SMILES string of the molecule is CCCC(=O)C(C(C)=O)C(=O)c1ccccc1. The Hall–Kier alpha value is -1.77. The van der Waals surface area contributed by atoms with Crippen LogP contribution in [-0.4, -0.2) is 17.3 Å². The summed E-state index contributed by atoms with van der Waals surface area (Å²) in [5.41, 5.74) is 0.414. The molecule has 0 aromatic heterocycles. The van der Waals surface area contributed by atoms with E-state index in [2.05, 4.69) is 0 Å². The second-order valence-corrected chi connectivity index (χ2v) is 3.99. The summed E-state index contributed by atoms with van der Waals surface area (Å²) >= 11 is 0. The van der Waals surface area contributed by atoms with E-state index in [9.17, 15) is 14.4 Å². The van der Waals surface area contributed by atoms with E-state index in [1.807, 2.05) is 6.92 Å². The number of Topliss-reactive ketones (excluding diaryl/α,β-unsaturated/α-hetero) is 3. The van der Waals surface area contributed by atoms with Gasteiger partial charge in [-0.1, -0.05) is 37.3 Å². The largest absolute Gasteiger partial charge is 0.299 e. The van der Waals surface area contributed by atoms with Crippen LogP contribution in [0.15, 0.2) is 30.3 Å². The number of ketones is 3. The van der Waals surface area contributed by atoms with Crippen LogP contribution in [0.4, 0.5) is 0 Å². The summed E-state index contributed by atoms with van der Waals surface area (Å²) in [6.45, 7) is 3.14. The number of hydrogen-bond donors (Lipinski definition) is 0. The second kappa shape index (κ2) is 6.09. The third-order valence-corrected chi connectivity index (χ3v) is 2.55. The molecule has 0 bridgehead atoms. The Morgan fingerprint density at radius 2 is 1.71 bits per heavy atom. The van der Waals surface area contributed by atoms with Gasteiger partial charge in [-0.3, -0.25) is 14.4 Å². The van der Waals surface area contributed by atoms with Crippen molar-refractivity contribution in [2.24, 2.45) is 5.92 Å². The van der Waals surface area contributed by atoms with Crippen molar-refractivity contribution in [3.05, 3.63) is 35.9 Å². The van der Waals surface area contributed by atoms with Gasteiger partial charge in [0.05, 0.1) is 0 Å². The number of carbonyl (C=O) groups excluding carboxylic acids is 3. The van der Waals surface area contributed by atoms with Gasteiger partial charge in [0.2, 0.25) is 0 Å². The van der Waals surface area contributed by atoms with Gasteiger partial charge in [0, 0.05) is 12.0 Å². The van der Waals surface area contributed by atoms with Crippen LogP contribution in [0.25, 0.3) is 0 Å². The zero-order valence-electron chi connectivity index (χ0n) is 10.1. The number of hydrogen-bond acceptors (Lipinski definition) is 3. The van der Waals surface area contributed by atoms with Gasteiger partial charge in [0.1, 0.15) is 11.7 Å². The molecule has 1 aromatic rings. The van der Waals surface area contributed by atoms with Crippen LogP contribution in [0.2, 0.25) is 0 Å². The van der Waals surface area contributed by atoms with Crippen molar-refractivity contribution in [3.8, 4) is 0 Å². The minimum Gasteiger partial charge on any atom is -0.299 e. The lowest BCUT2D eigenvalue weighted by Gasteiger charge is -2.11. The Balaban J connectivity index is 2.97. The summed E-state index contributed by atoms with van der Waals surface area (Å²) in [7, 11) is 0. The van der Waals surface area contributed by atoms with E-state index in [1.165, 1.54) is 6.92 Å².